The van der Waals surface area contributed by atoms with Gasteiger partial charge in [-0.25, -0.2) is 8.78 Å². The van der Waals surface area contributed by atoms with Gasteiger partial charge in [-0.3, -0.25) is 9.48 Å². The molecule has 0 amide bonds. The van der Waals surface area contributed by atoms with Gasteiger partial charge >= 0.3 is 0 Å². The van der Waals surface area contributed by atoms with Gasteiger partial charge in [0, 0.05) is 0 Å². The fraction of sp³-hybridized carbons (Fsp3) is 0.250. The lowest BCUT2D eigenvalue weighted by Gasteiger charge is -2.01. The summed E-state index contributed by atoms with van der Waals surface area (Å²) in [4.78, 5) is 13.7. The Labute approximate surface area is 87.5 Å². The van der Waals surface area contributed by atoms with E-state index in [1.54, 1.807) is 0 Å². The third-order valence-corrected chi connectivity index (χ3v) is 2.14. The summed E-state index contributed by atoms with van der Waals surface area (Å²) in [6, 6.07) is 1.40. The van der Waals surface area contributed by atoms with Crippen LogP contribution in [-0.4, -0.2) is 21.2 Å². The molecule has 0 saturated carbocycles. The monoisotopic (exact) mass is 233 g/mol. The van der Waals surface area contributed by atoms with Gasteiger partial charge in [-0.2, -0.15) is 5.10 Å². The van der Waals surface area contributed by atoms with Crippen molar-refractivity contribution in [2.24, 2.45) is 0 Å². The van der Waals surface area contributed by atoms with Crippen LogP contribution in [0.15, 0.2) is 17.1 Å². The van der Waals surface area contributed by atoms with Crippen LogP contribution >= 0.6 is 11.6 Å². The number of rotatable bonds is 2. The maximum Gasteiger partial charge on any atom is 0.260 e. The molecule has 2 rings (SSSR count). The van der Waals surface area contributed by atoms with Gasteiger partial charge in [-0.05, 0) is 6.07 Å². The molecule has 2 aromatic rings. The first-order valence-electron chi connectivity index (χ1n) is 4.10. The maximum absolute atomic E-state index is 12.1. The van der Waals surface area contributed by atoms with E-state index in [-0.39, 0.29) is 10.5 Å². The topological polar surface area (TPSA) is 50.7 Å². The van der Waals surface area contributed by atoms with Gasteiger partial charge in [0.15, 0.2) is 0 Å². The highest BCUT2D eigenvalue weighted by Crippen LogP contribution is 2.14. The van der Waals surface area contributed by atoms with Crippen molar-refractivity contribution in [3.8, 4) is 0 Å². The Morgan fingerprint density at radius 1 is 1.60 bits per heavy atom. The van der Waals surface area contributed by atoms with E-state index < -0.39 is 18.5 Å². The van der Waals surface area contributed by atoms with Crippen LogP contribution in [0.4, 0.5) is 8.78 Å². The Hall–Kier alpha value is -1.43. The highest BCUT2D eigenvalue weighted by molar-refractivity contribution is 6.29. The van der Waals surface area contributed by atoms with Crippen molar-refractivity contribution in [3.63, 3.8) is 0 Å². The quantitative estimate of drug-likeness (QED) is 0.802. The SMILES string of the molecule is O=c1[nH]c(Cl)cc2c1cnn2CC(F)F. The number of pyridine rings is 1. The molecule has 0 saturated heterocycles. The summed E-state index contributed by atoms with van der Waals surface area (Å²) in [5, 5.41) is 4.05. The highest BCUT2D eigenvalue weighted by Gasteiger charge is 2.11. The Morgan fingerprint density at radius 2 is 2.33 bits per heavy atom. The van der Waals surface area contributed by atoms with E-state index in [2.05, 4.69) is 10.1 Å². The van der Waals surface area contributed by atoms with E-state index in [1.165, 1.54) is 12.3 Å². The molecule has 2 heterocycles. The summed E-state index contributed by atoms with van der Waals surface area (Å²) in [5.41, 5.74) is -0.123. The molecule has 0 radical (unpaired) electrons. The third-order valence-electron chi connectivity index (χ3n) is 1.93. The summed E-state index contributed by atoms with van der Waals surface area (Å²) in [6.07, 6.45) is -1.28. The summed E-state index contributed by atoms with van der Waals surface area (Å²) in [5.74, 6) is 0. The summed E-state index contributed by atoms with van der Waals surface area (Å²) < 4.78 is 25.4. The van der Waals surface area contributed by atoms with Crippen molar-refractivity contribution >= 4 is 22.5 Å². The van der Waals surface area contributed by atoms with Crippen LogP contribution in [0.2, 0.25) is 5.15 Å². The number of alkyl halides is 2. The average molecular weight is 234 g/mol. The number of hydrogen-bond acceptors (Lipinski definition) is 2. The normalized spacial score (nSPS) is 11.5. The van der Waals surface area contributed by atoms with Crippen LogP contribution in [0, 0.1) is 0 Å². The van der Waals surface area contributed by atoms with Gasteiger partial charge in [0.1, 0.15) is 11.7 Å². The molecule has 0 aliphatic heterocycles. The van der Waals surface area contributed by atoms with Crippen LogP contribution in [0.25, 0.3) is 10.9 Å². The molecule has 0 atom stereocenters. The first-order valence-corrected chi connectivity index (χ1v) is 4.48. The van der Waals surface area contributed by atoms with Crippen LogP contribution < -0.4 is 5.56 Å². The molecule has 0 unspecified atom stereocenters. The average Bonchev–Trinajstić information content (AvgIpc) is 2.48. The first kappa shape index (κ1) is 10.1. The minimum Gasteiger partial charge on any atom is -0.312 e. The molecular weight excluding hydrogens is 228 g/mol. The Morgan fingerprint density at radius 3 is 3.00 bits per heavy atom. The number of aromatic amines is 1. The number of fused-ring (bicyclic) bond motifs is 1. The summed E-state index contributed by atoms with van der Waals surface area (Å²) in [7, 11) is 0. The number of halogens is 3. The molecule has 0 spiro atoms. The number of aromatic nitrogens is 3. The van der Waals surface area contributed by atoms with Crippen LogP contribution in [0.1, 0.15) is 0 Å². The lowest BCUT2D eigenvalue weighted by atomic mass is 10.3. The molecule has 2 aromatic heterocycles. The summed E-state index contributed by atoms with van der Waals surface area (Å²) in [6.45, 7) is -0.552. The second-order valence-electron chi connectivity index (χ2n) is 2.96. The standard InChI is InChI=1S/C8H6ClF2N3O/c9-6-1-5-4(8(15)13-6)2-12-14(5)3-7(10)11/h1-2,7H,3H2,(H,13,15). The fourth-order valence-corrected chi connectivity index (χ4v) is 1.52. The Balaban J connectivity index is 2.63. The van der Waals surface area contributed by atoms with Crippen molar-refractivity contribution < 1.29 is 8.78 Å². The second-order valence-corrected chi connectivity index (χ2v) is 3.37. The second kappa shape index (κ2) is 3.62. The molecule has 7 heteroatoms. The molecule has 1 N–H and O–H groups in total. The lowest BCUT2D eigenvalue weighted by Crippen LogP contribution is -2.09. The molecular formula is C8H6ClF2N3O. The Kier molecular flexibility index (Phi) is 2.44. The minimum atomic E-state index is -2.52. The summed E-state index contributed by atoms with van der Waals surface area (Å²) >= 11 is 5.61. The van der Waals surface area contributed by atoms with Crippen LogP contribution in [0.5, 0.6) is 0 Å². The maximum atomic E-state index is 12.1. The van der Waals surface area contributed by atoms with E-state index >= 15 is 0 Å². The molecule has 0 fully saturated rings. The zero-order valence-corrected chi connectivity index (χ0v) is 8.13. The molecule has 0 bridgehead atoms. The van der Waals surface area contributed by atoms with Gasteiger partial charge in [-0.1, -0.05) is 11.6 Å². The molecule has 80 valence electrons. The van der Waals surface area contributed by atoms with Crippen molar-refractivity contribution in [2.45, 2.75) is 13.0 Å². The van der Waals surface area contributed by atoms with Crippen molar-refractivity contribution in [2.75, 3.05) is 0 Å². The van der Waals surface area contributed by atoms with Gasteiger partial charge < -0.3 is 4.98 Å². The zero-order chi connectivity index (χ0) is 11.0. The third kappa shape index (κ3) is 1.85. The van der Waals surface area contributed by atoms with Gasteiger partial charge in [-0.15, -0.1) is 0 Å². The van der Waals surface area contributed by atoms with Crippen molar-refractivity contribution in [1.82, 2.24) is 14.8 Å². The highest BCUT2D eigenvalue weighted by atomic mass is 35.5. The predicted octanol–water partition coefficient (Wildman–Crippen LogP) is 1.64. The first-order chi connectivity index (χ1) is 7.08. The lowest BCUT2D eigenvalue weighted by molar-refractivity contribution is 0.123. The van der Waals surface area contributed by atoms with Gasteiger partial charge in [0.05, 0.1) is 17.1 Å². The smallest absolute Gasteiger partial charge is 0.260 e. The molecule has 0 aromatic carbocycles. The van der Waals surface area contributed by atoms with Crippen molar-refractivity contribution in [1.29, 1.82) is 0 Å². The fourth-order valence-electron chi connectivity index (χ4n) is 1.33. The van der Waals surface area contributed by atoms with E-state index in [4.69, 9.17) is 11.6 Å². The van der Waals surface area contributed by atoms with E-state index in [0.717, 1.165) is 4.68 Å². The van der Waals surface area contributed by atoms with Crippen molar-refractivity contribution in [3.05, 3.63) is 27.8 Å². The molecule has 15 heavy (non-hydrogen) atoms. The largest absolute Gasteiger partial charge is 0.312 e. The number of hydrogen-bond donors (Lipinski definition) is 1. The van der Waals surface area contributed by atoms with E-state index in [1.807, 2.05) is 0 Å². The zero-order valence-electron chi connectivity index (χ0n) is 7.38. The minimum absolute atomic E-state index is 0.100. The van der Waals surface area contributed by atoms with Gasteiger partial charge in [0.25, 0.3) is 12.0 Å². The van der Waals surface area contributed by atoms with E-state index in [9.17, 15) is 13.6 Å². The number of H-pyrrole nitrogens is 1. The number of nitrogens with zero attached hydrogens (tertiary/aromatic N) is 2. The van der Waals surface area contributed by atoms with Crippen LogP contribution in [-0.2, 0) is 6.54 Å². The van der Waals surface area contributed by atoms with E-state index in [0.29, 0.717) is 5.52 Å². The Bertz CT molecular complexity index is 548. The van der Waals surface area contributed by atoms with Gasteiger partial charge in [0.2, 0.25) is 0 Å². The predicted molar refractivity (Wildman–Crippen MR) is 51.4 cm³/mol. The van der Waals surface area contributed by atoms with Crippen LogP contribution in [0.3, 0.4) is 0 Å². The molecule has 0 aliphatic rings. The number of nitrogens with one attached hydrogen (secondary N) is 1. The molecule has 0 aliphatic carbocycles. The molecule has 4 nitrogen and oxygen atoms in total.